The lowest BCUT2D eigenvalue weighted by atomic mass is 9.30. The van der Waals surface area contributed by atoms with Crippen molar-refractivity contribution in [2.45, 2.75) is 78.9 Å². The molecule has 6 aliphatic carbocycles. The second-order valence-corrected chi connectivity index (χ2v) is 11.2. The summed E-state index contributed by atoms with van der Waals surface area (Å²) in [6.07, 6.45) is 6.20. The number of fused-ring (bicyclic) bond motifs is 4. The lowest BCUT2D eigenvalue weighted by molar-refractivity contribution is -0.106. The van der Waals surface area contributed by atoms with Crippen LogP contribution in [0.3, 0.4) is 0 Å². The first-order valence-electron chi connectivity index (χ1n) is 9.79. The van der Waals surface area contributed by atoms with Crippen LogP contribution in [0.25, 0.3) is 0 Å². The van der Waals surface area contributed by atoms with Gasteiger partial charge in [-0.3, -0.25) is 0 Å². The zero-order valence-corrected chi connectivity index (χ0v) is 16.2. The van der Waals surface area contributed by atoms with Crippen LogP contribution in [-0.2, 0) is 0 Å². The van der Waals surface area contributed by atoms with Gasteiger partial charge in [-0.15, -0.1) is 0 Å². The lowest BCUT2D eigenvalue weighted by Crippen LogP contribution is -2.58. The van der Waals surface area contributed by atoms with Gasteiger partial charge in [-0.2, -0.15) is 11.5 Å². The van der Waals surface area contributed by atoms with E-state index in [1.54, 1.807) is 0 Å². The van der Waals surface area contributed by atoms with Crippen molar-refractivity contribution < 1.29 is 0 Å². The van der Waals surface area contributed by atoms with Gasteiger partial charge in [-0.25, -0.2) is 0 Å². The van der Waals surface area contributed by atoms with Crippen molar-refractivity contribution in [2.24, 2.45) is 46.3 Å². The number of hydrogen-bond acceptors (Lipinski definition) is 0. The van der Waals surface area contributed by atoms with Crippen LogP contribution in [0.1, 0.15) is 67.2 Å². The minimum atomic E-state index is 0.438. The van der Waals surface area contributed by atoms with Crippen LogP contribution in [-0.4, -0.2) is 6.13 Å². The molecule has 6 rings (SSSR count). The zero-order valence-electron chi connectivity index (χ0n) is 15.4. The predicted octanol–water partition coefficient (Wildman–Crippen LogP) is 6.36. The highest BCUT2D eigenvalue weighted by atomic mass is 35.5. The molecule has 6 saturated carbocycles. The summed E-state index contributed by atoms with van der Waals surface area (Å²) in [4.78, 5) is 0. The van der Waals surface area contributed by atoms with E-state index >= 15 is 0 Å². The molecule has 6 aliphatic rings. The van der Waals surface area contributed by atoms with E-state index in [-0.39, 0.29) is 0 Å². The molecule has 0 aliphatic heterocycles. The molecule has 8 atom stereocenters. The maximum Gasteiger partial charge on any atom is 0.257 e. The number of hydrogen-bond donors (Lipinski definition) is 0. The van der Waals surface area contributed by atoms with Crippen LogP contribution in [0.5, 0.6) is 0 Å². The summed E-state index contributed by atoms with van der Waals surface area (Å²) in [6, 6.07) is 0. The lowest BCUT2D eigenvalue weighted by Gasteiger charge is -2.65. The van der Waals surface area contributed by atoms with Gasteiger partial charge in [0.1, 0.15) is 0 Å². The Bertz CT molecular complexity index is 428. The van der Waals surface area contributed by atoms with Crippen LogP contribution < -0.4 is 0 Å². The Morgan fingerprint density at radius 1 is 0.727 bits per heavy atom. The molecule has 22 heavy (non-hydrogen) atoms. The summed E-state index contributed by atoms with van der Waals surface area (Å²) < 4.78 is 0. The molecule has 0 unspecified atom stereocenters. The van der Waals surface area contributed by atoms with Crippen LogP contribution in [0, 0.1) is 46.3 Å². The molecule has 4 bridgehead atoms. The van der Waals surface area contributed by atoms with E-state index in [2.05, 4.69) is 41.5 Å². The van der Waals surface area contributed by atoms with Gasteiger partial charge in [-0.05, 0) is 70.8 Å². The summed E-state index contributed by atoms with van der Waals surface area (Å²) in [5, 5.41) is 0. The molecule has 0 aromatic carbocycles. The first kappa shape index (κ1) is 15.9. The molecule has 124 valence electrons. The smallest absolute Gasteiger partial charge is 0.195 e. The third-order valence-corrected chi connectivity index (χ3v) is 10.3. The van der Waals surface area contributed by atoms with Crippen molar-refractivity contribution in [1.29, 1.82) is 0 Å². The molecule has 6 fully saturated rings. The van der Waals surface area contributed by atoms with E-state index in [9.17, 15) is 0 Å². The highest BCUT2D eigenvalue weighted by Crippen LogP contribution is 2.69. The average Bonchev–Trinajstić information content (AvgIpc) is 2.45. The van der Waals surface area contributed by atoms with E-state index in [1.165, 1.54) is 25.7 Å². The van der Waals surface area contributed by atoms with E-state index in [4.69, 9.17) is 11.5 Å². The van der Waals surface area contributed by atoms with Gasteiger partial charge in [0.05, 0.1) is 0 Å². The molecule has 0 heterocycles. The van der Waals surface area contributed by atoms with Crippen molar-refractivity contribution >= 4 is 17.6 Å². The van der Waals surface area contributed by atoms with Crippen LogP contribution in [0.2, 0.25) is 11.6 Å². The normalized spacial score (nSPS) is 54.1. The number of rotatable bonds is 2. The van der Waals surface area contributed by atoms with Crippen LogP contribution in [0.15, 0.2) is 0 Å². The fourth-order valence-corrected chi connectivity index (χ4v) is 8.20. The quantitative estimate of drug-likeness (QED) is 0.519. The molecule has 0 radical (unpaired) electrons. The van der Waals surface area contributed by atoms with Gasteiger partial charge in [-0.1, -0.05) is 54.4 Å². The molecule has 0 amide bonds. The predicted molar refractivity (Wildman–Crippen MR) is 97.4 cm³/mol. The van der Waals surface area contributed by atoms with E-state index in [0.29, 0.717) is 17.0 Å². The van der Waals surface area contributed by atoms with Gasteiger partial charge in [0, 0.05) is 0 Å². The molecule has 0 saturated heterocycles. The van der Waals surface area contributed by atoms with E-state index < -0.39 is 0 Å². The standard InChI is InChI=1S/C20H34BCl/c1-11-15-7-13(19(15,3)4)9-17(11)21(22)18-10-14-8-16(12(18)2)20(14,5)6/h11-18H,7-10H2,1-6H3/t11-,12-,13-,14-,15-,16-,17-,18+/m1/s1. The SMILES string of the molecule is C[C@@H]1[C@H]2C[C@H](C[C@H]1B(Cl)[C@H]1C[C@H]3C[C@H]([C@H]1C)C3(C)C)C2(C)C. The number of halogens is 1. The molecular weight excluding hydrogens is 286 g/mol. The van der Waals surface area contributed by atoms with Crippen molar-refractivity contribution in [3.63, 3.8) is 0 Å². The van der Waals surface area contributed by atoms with Gasteiger partial charge in [0.2, 0.25) is 0 Å². The summed E-state index contributed by atoms with van der Waals surface area (Å²) in [7, 11) is 0. The maximum absolute atomic E-state index is 7.19. The van der Waals surface area contributed by atoms with Gasteiger partial charge in [0.15, 0.2) is 0 Å². The Morgan fingerprint density at radius 2 is 1.09 bits per heavy atom. The first-order chi connectivity index (χ1) is 10.2. The van der Waals surface area contributed by atoms with E-state index in [1.807, 2.05) is 0 Å². The third-order valence-electron chi connectivity index (χ3n) is 9.64. The first-order valence-corrected chi connectivity index (χ1v) is 10.2. The van der Waals surface area contributed by atoms with Crippen molar-refractivity contribution in [3.05, 3.63) is 0 Å². The molecule has 0 nitrogen and oxygen atoms in total. The molecular formula is C20H34BCl. The summed E-state index contributed by atoms with van der Waals surface area (Å²) >= 11 is 7.19. The third kappa shape index (κ3) is 1.84. The molecule has 0 aromatic heterocycles. The minimum absolute atomic E-state index is 0.438. The Kier molecular flexibility index (Phi) is 3.39. The Labute approximate surface area is 143 Å². The summed E-state index contributed by atoms with van der Waals surface area (Å²) in [6.45, 7) is 15.0. The highest BCUT2D eigenvalue weighted by Gasteiger charge is 2.62. The molecule has 2 heteroatoms. The van der Waals surface area contributed by atoms with Crippen molar-refractivity contribution in [3.8, 4) is 0 Å². The fraction of sp³-hybridized carbons (Fsp3) is 1.00. The van der Waals surface area contributed by atoms with Crippen molar-refractivity contribution in [2.75, 3.05) is 0 Å². The topological polar surface area (TPSA) is 0 Å². The summed E-state index contributed by atoms with van der Waals surface area (Å²) in [5.74, 6) is 7.00. The zero-order chi connectivity index (χ0) is 16.0. The monoisotopic (exact) mass is 320 g/mol. The van der Waals surface area contributed by atoms with Gasteiger partial charge >= 0.3 is 0 Å². The second kappa shape index (κ2) is 4.71. The van der Waals surface area contributed by atoms with E-state index in [0.717, 1.165) is 47.1 Å². The maximum atomic E-state index is 7.19. The molecule has 0 N–H and O–H groups in total. The average molecular weight is 321 g/mol. The largest absolute Gasteiger partial charge is 0.257 e. The fourth-order valence-electron chi connectivity index (χ4n) is 7.54. The molecule has 0 spiro atoms. The minimum Gasteiger partial charge on any atom is -0.195 e. The Balaban J connectivity index is 1.49. The van der Waals surface area contributed by atoms with Gasteiger partial charge in [0.25, 0.3) is 6.13 Å². The van der Waals surface area contributed by atoms with Crippen molar-refractivity contribution in [1.82, 2.24) is 0 Å². The van der Waals surface area contributed by atoms with Crippen LogP contribution >= 0.6 is 11.5 Å². The highest BCUT2D eigenvalue weighted by molar-refractivity contribution is 7.08. The Morgan fingerprint density at radius 3 is 1.36 bits per heavy atom. The van der Waals surface area contributed by atoms with Gasteiger partial charge < -0.3 is 0 Å². The summed E-state index contributed by atoms with van der Waals surface area (Å²) in [5.41, 5.74) is 1.18. The molecule has 0 aromatic rings. The van der Waals surface area contributed by atoms with Crippen LogP contribution in [0.4, 0.5) is 0 Å². The second-order valence-electron chi connectivity index (χ2n) is 10.7. The Hall–Kier alpha value is 0.355.